The minimum Gasteiger partial charge on any atom is -0.481 e. The topological polar surface area (TPSA) is 122 Å². The molecule has 1 amide bonds. The summed E-state index contributed by atoms with van der Waals surface area (Å²) in [7, 11) is -3.90. The smallest absolute Gasteiger partial charge is 0.421 e. The fraction of sp³-hybridized carbons (Fsp3) is 0.778. The minimum atomic E-state index is -3.90. The SMILES string of the molecule is CCOC(=O)NS(=O)(=O)NCCCCCC(=O)O. The molecule has 18 heavy (non-hydrogen) atoms. The number of unbranched alkanes of at least 4 members (excludes halogenated alkanes) is 2. The zero-order valence-electron chi connectivity index (χ0n) is 10.1. The van der Waals surface area contributed by atoms with E-state index in [0.717, 1.165) is 0 Å². The first-order valence-corrected chi connectivity index (χ1v) is 7.01. The molecule has 8 nitrogen and oxygen atoms in total. The highest BCUT2D eigenvalue weighted by atomic mass is 32.2. The number of ether oxygens (including phenoxy) is 1. The van der Waals surface area contributed by atoms with E-state index >= 15 is 0 Å². The molecule has 3 N–H and O–H groups in total. The molecule has 0 radical (unpaired) electrons. The number of aliphatic carboxylic acids is 1. The lowest BCUT2D eigenvalue weighted by molar-refractivity contribution is -0.137. The number of carbonyl (C=O) groups excluding carboxylic acids is 1. The Morgan fingerprint density at radius 2 is 1.89 bits per heavy atom. The zero-order chi connectivity index (χ0) is 14.0. The number of rotatable bonds is 9. The molecule has 0 aromatic carbocycles. The molecule has 0 fully saturated rings. The van der Waals surface area contributed by atoms with Crippen LogP contribution in [0.2, 0.25) is 0 Å². The molecule has 0 aliphatic heterocycles. The molecule has 9 heteroatoms. The number of carboxylic acid groups (broad SMARTS) is 1. The average molecular weight is 282 g/mol. The second-order valence-corrected chi connectivity index (χ2v) is 4.92. The summed E-state index contributed by atoms with van der Waals surface area (Å²) in [4.78, 5) is 21.1. The highest BCUT2D eigenvalue weighted by Crippen LogP contribution is 1.98. The summed E-state index contributed by atoms with van der Waals surface area (Å²) in [6.07, 6.45) is 0.609. The Balaban J connectivity index is 3.71. The van der Waals surface area contributed by atoms with Gasteiger partial charge in [-0.3, -0.25) is 4.79 Å². The normalized spacial score (nSPS) is 10.9. The molecule has 0 aromatic heterocycles. The van der Waals surface area contributed by atoms with E-state index < -0.39 is 22.3 Å². The Morgan fingerprint density at radius 1 is 1.22 bits per heavy atom. The van der Waals surface area contributed by atoms with Crippen LogP contribution in [0.5, 0.6) is 0 Å². The number of carboxylic acids is 1. The lowest BCUT2D eigenvalue weighted by Crippen LogP contribution is -2.40. The second-order valence-electron chi connectivity index (χ2n) is 3.42. The van der Waals surface area contributed by atoms with Crippen LogP contribution in [0.15, 0.2) is 0 Å². The Labute approximate surface area is 106 Å². The van der Waals surface area contributed by atoms with Gasteiger partial charge >= 0.3 is 22.3 Å². The summed E-state index contributed by atoms with van der Waals surface area (Å²) in [6.45, 7) is 1.77. The number of amides is 1. The van der Waals surface area contributed by atoms with Gasteiger partial charge < -0.3 is 9.84 Å². The third-order valence-corrected chi connectivity index (χ3v) is 2.87. The van der Waals surface area contributed by atoms with E-state index in [1.807, 2.05) is 0 Å². The van der Waals surface area contributed by atoms with Gasteiger partial charge in [-0.25, -0.2) is 9.52 Å². The van der Waals surface area contributed by atoms with Crippen molar-refractivity contribution in [2.24, 2.45) is 0 Å². The highest BCUT2D eigenvalue weighted by molar-refractivity contribution is 7.88. The van der Waals surface area contributed by atoms with Gasteiger partial charge in [0.2, 0.25) is 0 Å². The van der Waals surface area contributed by atoms with Crippen molar-refractivity contribution < 1.29 is 27.9 Å². The van der Waals surface area contributed by atoms with E-state index in [2.05, 4.69) is 9.46 Å². The molecule has 0 heterocycles. The standard InChI is InChI=1S/C9H18N2O6S/c1-2-17-9(14)11-18(15,16)10-7-5-3-4-6-8(12)13/h10H,2-7H2,1H3,(H,11,14)(H,12,13). The van der Waals surface area contributed by atoms with Crippen molar-refractivity contribution in [1.82, 2.24) is 9.44 Å². The highest BCUT2D eigenvalue weighted by Gasteiger charge is 2.13. The average Bonchev–Trinajstić information content (AvgIpc) is 2.22. The number of hydrogen-bond acceptors (Lipinski definition) is 5. The van der Waals surface area contributed by atoms with Gasteiger partial charge in [0.1, 0.15) is 0 Å². The van der Waals surface area contributed by atoms with Gasteiger partial charge in [0.05, 0.1) is 6.61 Å². The van der Waals surface area contributed by atoms with Crippen LogP contribution in [-0.4, -0.2) is 38.7 Å². The first kappa shape index (κ1) is 16.6. The van der Waals surface area contributed by atoms with E-state index in [-0.39, 0.29) is 19.6 Å². The maximum absolute atomic E-state index is 11.2. The van der Waals surface area contributed by atoms with Crippen molar-refractivity contribution in [3.05, 3.63) is 0 Å². The van der Waals surface area contributed by atoms with Gasteiger partial charge in [0.15, 0.2) is 0 Å². The summed E-state index contributed by atoms with van der Waals surface area (Å²) < 4.78 is 30.7. The van der Waals surface area contributed by atoms with Crippen LogP contribution in [0, 0.1) is 0 Å². The van der Waals surface area contributed by atoms with Crippen LogP contribution in [-0.2, 0) is 19.7 Å². The van der Waals surface area contributed by atoms with E-state index in [1.165, 1.54) is 0 Å². The van der Waals surface area contributed by atoms with Crippen LogP contribution in [0.25, 0.3) is 0 Å². The van der Waals surface area contributed by atoms with E-state index in [9.17, 15) is 18.0 Å². The van der Waals surface area contributed by atoms with Crippen molar-refractivity contribution in [1.29, 1.82) is 0 Å². The van der Waals surface area contributed by atoms with Crippen LogP contribution in [0.1, 0.15) is 32.6 Å². The molecule has 0 spiro atoms. The molecule has 0 atom stereocenters. The maximum atomic E-state index is 11.2. The van der Waals surface area contributed by atoms with Crippen LogP contribution in [0.3, 0.4) is 0 Å². The fourth-order valence-electron chi connectivity index (χ4n) is 1.09. The van der Waals surface area contributed by atoms with E-state index in [0.29, 0.717) is 19.3 Å². The lowest BCUT2D eigenvalue weighted by Gasteiger charge is -2.07. The predicted octanol–water partition coefficient (Wildman–Crippen LogP) is 0.212. The number of hydrogen-bond donors (Lipinski definition) is 3. The quantitative estimate of drug-likeness (QED) is 0.520. The van der Waals surface area contributed by atoms with Gasteiger partial charge in [-0.05, 0) is 19.8 Å². The number of carbonyl (C=O) groups is 2. The molecule has 0 saturated carbocycles. The fourth-order valence-corrected chi connectivity index (χ4v) is 1.85. The summed E-state index contributed by atoms with van der Waals surface area (Å²) in [6, 6.07) is 0. The molecule has 0 aliphatic rings. The molecule has 0 aliphatic carbocycles. The Kier molecular flexibility index (Phi) is 8.05. The largest absolute Gasteiger partial charge is 0.481 e. The number of nitrogens with one attached hydrogen (secondary N) is 2. The van der Waals surface area contributed by atoms with Crippen molar-refractivity contribution in [2.45, 2.75) is 32.6 Å². The summed E-state index contributed by atoms with van der Waals surface area (Å²) in [5.41, 5.74) is 0. The van der Waals surface area contributed by atoms with Crippen molar-refractivity contribution in [2.75, 3.05) is 13.2 Å². The molecule has 0 bridgehead atoms. The van der Waals surface area contributed by atoms with Crippen molar-refractivity contribution in [3.8, 4) is 0 Å². The van der Waals surface area contributed by atoms with Gasteiger partial charge in [0, 0.05) is 13.0 Å². The van der Waals surface area contributed by atoms with Crippen molar-refractivity contribution >= 4 is 22.3 Å². The molecule has 0 saturated heterocycles. The molecular weight excluding hydrogens is 264 g/mol. The zero-order valence-corrected chi connectivity index (χ0v) is 11.0. The van der Waals surface area contributed by atoms with Crippen LogP contribution >= 0.6 is 0 Å². The van der Waals surface area contributed by atoms with Gasteiger partial charge in [-0.15, -0.1) is 0 Å². The molecule has 0 unspecified atom stereocenters. The van der Waals surface area contributed by atoms with Gasteiger partial charge in [-0.2, -0.15) is 13.1 Å². The molecular formula is C9H18N2O6S. The molecule has 0 aromatic rings. The summed E-state index contributed by atoms with van der Waals surface area (Å²) in [5.74, 6) is -0.875. The third-order valence-electron chi connectivity index (χ3n) is 1.85. The molecule has 106 valence electrons. The summed E-state index contributed by atoms with van der Waals surface area (Å²) in [5, 5.41) is 8.38. The second kappa shape index (κ2) is 8.70. The van der Waals surface area contributed by atoms with Gasteiger partial charge in [-0.1, -0.05) is 6.42 Å². The van der Waals surface area contributed by atoms with Crippen molar-refractivity contribution in [3.63, 3.8) is 0 Å². The van der Waals surface area contributed by atoms with E-state index in [1.54, 1.807) is 11.6 Å². The predicted molar refractivity (Wildman–Crippen MR) is 63.2 cm³/mol. The Bertz CT molecular complexity index is 367. The first-order chi connectivity index (χ1) is 8.37. The third kappa shape index (κ3) is 9.85. The summed E-state index contributed by atoms with van der Waals surface area (Å²) >= 11 is 0. The first-order valence-electron chi connectivity index (χ1n) is 5.53. The van der Waals surface area contributed by atoms with Crippen LogP contribution in [0.4, 0.5) is 4.79 Å². The van der Waals surface area contributed by atoms with Gasteiger partial charge in [0.25, 0.3) is 0 Å². The van der Waals surface area contributed by atoms with E-state index in [4.69, 9.17) is 5.11 Å². The monoisotopic (exact) mass is 282 g/mol. The lowest BCUT2D eigenvalue weighted by atomic mass is 10.2. The Hall–Kier alpha value is -1.35. The minimum absolute atomic E-state index is 0.0633. The van der Waals surface area contributed by atoms with Crippen LogP contribution < -0.4 is 9.44 Å². The Morgan fingerprint density at radius 3 is 2.44 bits per heavy atom. The molecule has 0 rings (SSSR count). The maximum Gasteiger partial charge on any atom is 0.421 e.